The topological polar surface area (TPSA) is 86.2 Å². The van der Waals surface area contributed by atoms with Gasteiger partial charge in [-0.2, -0.15) is 13.8 Å². The second kappa shape index (κ2) is 8.39. The molecule has 0 aliphatic heterocycles. The van der Waals surface area contributed by atoms with Gasteiger partial charge in [0.15, 0.2) is 5.65 Å². The lowest BCUT2D eigenvalue weighted by Gasteiger charge is -2.14. The lowest BCUT2D eigenvalue weighted by Crippen LogP contribution is -2.22. The predicted molar refractivity (Wildman–Crippen MR) is 111 cm³/mol. The summed E-state index contributed by atoms with van der Waals surface area (Å²) in [6.07, 6.45) is 1.46. The van der Waals surface area contributed by atoms with E-state index in [9.17, 15) is 18.4 Å². The molecule has 0 radical (unpaired) electrons. The van der Waals surface area contributed by atoms with Crippen LogP contribution in [0.25, 0.3) is 27.8 Å². The average Bonchev–Trinajstić information content (AvgIpc) is 2.75. The fourth-order valence-electron chi connectivity index (χ4n) is 3.20. The molecule has 3 aromatic heterocycles. The van der Waals surface area contributed by atoms with Crippen LogP contribution < -0.4 is 20.6 Å². The number of hydrogen-bond acceptors (Lipinski definition) is 5. The Labute approximate surface area is 174 Å². The van der Waals surface area contributed by atoms with Crippen molar-refractivity contribution in [3.8, 4) is 28.4 Å². The number of nitrogens with one attached hydrogen (secondary N) is 1. The molecule has 3 heterocycles. The molecule has 1 N–H and O–H groups in total. The highest BCUT2D eigenvalue weighted by molar-refractivity contribution is 5.83. The summed E-state index contributed by atoms with van der Waals surface area (Å²) in [5.41, 5.74) is 0.913. The highest BCUT2D eigenvalue weighted by atomic mass is 19.3. The molecule has 4 aromatic rings. The van der Waals surface area contributed by atoms with Crippen molar-refractivity contribution < 1.29 is 18.3 Å². The van der Waals surface area contributed by atoms with Crippen LogP contribution in [0.1, 0.15) is 6.92 Å². The molecular weight excluding hydrogens is 408 g/mol. The van der Waals surface area contributed by atoms with Crippen LogP contribution in [0.5, 0.6) is 11.6 Å². The van der Waals surface area contributed by atoms with E-state index in [1.807, 2.05) is 6.92 Å². The van der Waals surface area contributed by atoms with Gasteiger partial charge in [0.2, 0.25) is 11.4 Å². The summed E-state index contributed by atoms with van der Waals surface area (Å²) in [4.78, 5) is 31.9. The number of aromatic amines is 1. The molecule has 1 aromatic carbocycles. The molecular formula is C22H17F2N3O4. The molecule has 0 atom stereocenters. The monoisotopic (exact) mass is 425 g/mol. The molecule has 7 nitrogen and oxygen atoms in total. The van der Waals surface area contributed by atoms with Crippen molar-refractivity contribution in [3.63, 3.8) is 0 Å². The van der Waals surface area contributed by atoms with Gasteiger partial charge in [0.05, 0.1) is 12.3 Å². The third-order valence-corrected chi connectivity index (χ3v) is 4.53. The van der Waals surface area contributed by atoms with Crippen molar-refractivity contribution in [2.75, 3.05) is 6.61 Å². The molecule has 0 saturated heterocycles. The largest absolute Gasteiger partial charge is 0.478 e. The highest BCUT2D eigenvalue weighted by Gasteiger charge is 2.15. The number of nitrogens with zero attached hydrogens (tertiary/aromatic N) is 2. The van der Waals surface area contributed by atoms with Gasteiger partial charge in [-0.05, 0) is 49.4 Å². The molecule has 31 heavy (non-hydrogen) atoms. The highest BCUT2D eigenvalue weighted by Crippen LogP contribution is 2.25. The van der Waals surface area contributed by atoms with Crippen LogP contribution in [0.15, 0.2) is 70.4 Å². The third-order valence-electron chi connectivity index (χ3n) is 4.53. The van der Waals surface area contributed by atoms with Gasteiger partial charge in [0.25, 0.3) is 5.56 Å². The summed E-state index contributed by atoms with van der Waals surface area (Å²) in [5.74, 6) is 0.313. The van der Waals surface area contributed by atoms with Gasteiger partial charge in [-0.3, -0.25) is 14.2 Å². The van der Waals surface area contributed by atoms with E-state index in [-0.39, 0.29) is 11.3 Å². The van der Waals surface area contributed by atoms with Crippen LogP contribution in [-0.4, -0.2) is 27.8 Å². The first-order chi connectivity index (χ1) is 15.0. The summed E-state index contributed by atoms with van der Waals surface area (Å²) >= 11 is 0. The number of rotatable bonds is 6. The molecule has 0 aliphatic rings. The van der Waals surface area contributed by atoms with E-state index in [1.54, 1.807) is 24.3 Å². The molecule has 0 unspecified atom stereocenters. The SMILES string of the molecule is CCOc1ccc2cc(-c3ccc(=O)[nH]c3)c(=O)n(-c3ccc(OC(F)F)cc3)c2n1. The molecule has 0 saturated carbocycles. The Bertz CT molecular complexity index is 1330. The van der Waals surface area contributed by atoms with E-state index >= 15 is 0 Å². The van der Waals surface area contributed by atoms with Gasteiger partial charge >= 0.3 is 6.61 Å². The summed E-state index contributed by atoms with van der Waals surface area (Å²) in [6, 6.07) is 13.7. The first-order valence-electron chi connectivity index (χ1n) is 9.40. The number of H-pyrrole nitrogens is 1. The standard InChI is InChI=1S/C22H17F2N3O4/c1-2-30-19-10-4-13-11-17(14-3-9-18(28)25-12-14)21(29)27(20(13)26-19)15-5-7-16(8-6-15)31-22(23)24/h3-12,22H,2H2,1H3,(H,25,28). The normalized spacial score (nSPS) is 11.1. The van der Waals surface area contributed by atoms with Crippen LogP contribution >= 0.6 is 0 Å². The zero-order valence-corrected chi connectivity index (χ0v) is 16.3. The van der Waals surface area contributed by atoms with Crippen LogP contribution in [0.2, 0.25) is 0 Å². The zero-order valence-electron chi connectivity index (χ0n) is 16.3. The second-order valence-electron chi connectivity index (χ2n) is 6.51. The number of alkyl halides is 2. The van der Waals surface area contributed by atoms with Crippen molar-refractivity contribution in [3.05, 3.63) is 81.5 Å². The minimum Gasteiger partial charge on any atom is -0.478 e. The number of fused-ring (bicyclic) bond motifs is 1. The Morgan fingerprint density at radius 2 is 1.84 bits per heavy atom. The molecule has 9 heteroatoms. The van der Waals surface area contributed by atoms with Crippen molar-refractivity contribution in [2.45, 2.75) is 13.5 Å². The minimum absolute atomic E-state index is 0.0316. The molecule has 0 fully saturated rings. The summed E-state index contributed by atoms with van der Waals surface area (Å²) < 4.78 is 36.2. The minimum atomic E-state index is -2.95. The Balaban J connectivity index is 1.96. The number of aromatic nitrogens is 3. The van der Waals surface area contributed by atoms with Crippen molar-refractivity contribution in [2.24, 2.45) is 0 Å². The second-order valence-corrected chi connectivity index (χ2v) is 6.51. The number of ether oxygens (including phenoxy) is 2. The molecule has 0 bridgehead atoms. The predicted octanol–water partition coefficient (Wildman–Crippen LogP) is 3.74. The Kier molecular flexibility index (Phi) is 5.48. The van der Waals surface area contributed by atoms with Crippen LogP contribution in [0.4, 0.5) is 8.78 Å². The third kappa shape index (κ3) is 4.16. The van der Waals surface area contributed by atoms with Gasteiger partial charge in [0, 0.05) is 34.8 Å². The van der Waals surface area contributed by atoms with Gasteiger partial charge in [0.1, 0.15) is 5.75 Å². The number of pyridine rings is 3. The number of benzene rings is 1. The van der Waals surface area contributed by atoms with Crippen LogP contribution in [-0.2, 0) is 0 Å². The molecule has 0 spiro atoms. The van der Waals surface area contributed by atoms with Gasteiger partial charge in [-0.25, -0.2) is 0 Å². The van der Waals surface area contributed by atoms with Crippen LogP contribution in [0, 0.1) is 0 Å². The maximum atomic E-state index is 13.4. The summed E-state index contributed by atoms with van der Waals surface area (Å²) in [6.45, 7) is -0.730. The molecule has 0 amide bonds. The van der Waals surface area contributed by atoms with E-state index in [0.29, 0.717) is 40.3 Å². The quantitative estimate of drug-likeness (QED) is 0.509. The number of hydrogen-bond donors (Lipinski definition) is 1. The van der Waals surface area contributed by atoms with E-state index in [2.05, 4.69) is 14.7 Å². The average molecular weight is 425 g/mol. The molecule has 4 rings (SSSR count). The Morgan fingerprint density at radius 3 is 2.48 bits per heavy atom. The summed E-state index contributed by atoms with van der Waals surface area (Å²) in [5, 5.41) is 0.650. The Hall–Kier alpha value is -4.01. The van der Waals surface area contributed by atoms with E-state index < -0.39 is 12.2 Å². The van der Waals surface area contributed by atoms with Crippen molar-refractivity contribution in [1.29, 1.82) is 0 Å². The molecule has 158 valence electrons. The number of halogens is 2. The smallest absolute Gasteiger partial charge is 0.387 e. The van der Waals surface area contributed by atoms with E-state index in [1.165, 1.54) is 41.1 Å². The van der Waals surface area contributed by atoms with Crippen LogP contribution in [0.3, 0.4) is 0 Å². The van der Waals surface area contributed by atoms with Gasteiger partial charge in [-0.15, -0.1) is 0 Å². The lowest BCUT2D eigenvalue weighted by atomic mass is 10.1. The fourth-order valence-corrected chi connectivity index (χ4v) is 3.20. The maximum Gasteiger partial charge on any atom is 0.387 e. The van der Waals surface area contributed by atoms with Crippen molar-refractivity contribution >= 4 is 11.0 Å². The first kappa shape index (κ1) is 20.3. The van der Waals surface area contributed by atoms with E-state index in [4.69, 9.17) is 4.74 Å². The van der Waals surface area contributed by atoms with Gasteiger partial charge < -0.3 is 14.5 Å². The van der Waals surface area contributed by atoms with Crippen molar-refractivity contribution in [1.82, 2.24) is 14.5 Å². The zero-order chi connectivity index (χ0) is 22.0. The van der Waals surface area contributed by atoms with E-state index in [0.717, 1.165) is 0 Å². The first-order valence-corrected chi connectivity index (χ1v) is 9.40. The maximum absolute atomic E-state index is 13.4. The fraction of sp³-hybridized carbons (Fsp3) is 0.136. The lowest BCUT2D eigenvalue weighted by molar-refractivity contribution is -0.0498. The molecule has 0 aliphatic carbocycles. The summed E-state index contributed by atoms with van der Waals surface area (Å²) in [7, 11) is 0. The van der Waals surface area contributed by atoms with Gasteiger partial charge in [-0.1, -0.05) is 0 Å². The Morgan fingerprint density at radius 1 is 1.06 bits per heavy atom.